The number of ether oxygens (including phenoxy) is 4. The van der Waals surface area contributed by atoms with Gasteiger partial charge >= 0.3 is 0 Å². The van der Waals surface area contributed by atoms with E-state index in [0.717, 1.165) is 36.6 Å². The van der Waals surface area contributed by atoms with E-state index in [-0.39, 0.29) is 12.9 Å². The molecule has 0 aromatic heterocycles. The Bertz CT molecular complexity index is 461. The summed E-state index contributed by atoms with van der Waals surface area (Å²) in [6.07, 6.45) is 1.78. The summed E-state index contributed by atoms with van der Waals surface area (Å²) in [5.74, 6) is 1.48. The fourth-order valence-corrected chi connectivity index (χ4v) is 2.41. The van der Waals surface area contributed by atoms with Gasteiger partial charge in [-0.1, -0.05) is 0 Å². The van der Waals surface area contributed by atoms with Crippen LogP contribution in [0.4, 0.5) is 5.69 Å². The first-order chi connectivity index (χ1) is 10.3. The molecule has 0 spiro atoms. The van der Waals surface area contributed by atoms with Crippen LogP contribution in [0.25, 0.3) is 0 Å². The summed E-state index contributed by atoms with van der Waals surface area (Å²) < 4.78 is 21.5. The number of anilines is 1. The summed E-state index contributed by atoms with van der Waals surface area (Å²) in [6, 6.07) is 5.61. The minimum absolute atomic E-state index is 0.194. The maximum absolute atomic E-state index is 9.89. The molecular formula is C15H21NO5. The molecule has 2 heterocycles. The van der Waals surface area contributed by atoms with E-state index in [2.05, 4.69) is 5.32 Å². The van der Waals surface area contributed by atoms with Gasteiger partial charge in [0.25, 0.3) is 0 Å². The monoisotopic (exact) mass is 295 g/mol. The highest BCUT2D eigenvalue weighted by Crippen LogP contribution is 2.34. The maximum Gasteiger partial charge on any atom is 0.231 e. The Morgan fingerprint density at radius 2 is 2.24 bits per heavy atom. The number of aliphatic hydroxyl groups is 1. The van der Waals surface area contributed by atoms with E-state index in [9.17, 15) is 5.11 Å². The first kappa shape index (κ1) is 14.4. The van der Waals surface area contributed by atoms with Crippen LogP contribution in [0.5, 0.6) is 11.5 Å². The van der Waals surface area contributed by atoms with Gasteiger partial charge in [0.05, 0.1) is 25.4 Å². The molecule has 116 valence electrons. The summed E-state index contributed by atoms with van der Waals surface area (Å²) in [7, 11) is 0. The van der Waals surface area contributed by atoms with Crippen molar-refractivity contribution in [2.24, 2.45) is 0 Å². The fraction of sp³-hybridized carbons (Fsp3) is 0.600. The molecule has 2 N–H and O–H groups in total. The Hall–Kier alpha value is -1.50. The van der Waals surface area contributed by atoms with Gasteiger partial charge in [0, 0.05) is 24.9 Å². The SMILES string of the molecule is OC(CNc1ccc2c(c1)OCO2)COCC1CCCO1. The summed E-state index contributed by atoms with van der Waals surface area (Å²) in [4.78, 5) is 0. The Morgan fingerprint density at radius 3 is 3.10 bits per heavy atom. The summed E-state index contributed by atoms with van der Waals surface area (Å²) in [5.41, 5.74) is 0.887. The Morgan fingerprint density at radius 1 is 1.33 bits per heavy atom. The van der Waals surface area contributed by atoms with Gasteiger partial charge in [-0.25, -0.2) is 0 Å². The molecule has 3 rings (SSSR count). The topological polar surface area (TPSA) is 69.2 Å². The first-order valence-electron chi connectivity index (χ1n) is 7.32. The molecule has 0 radical (unpaired) electrons. The van der Waals surface area contributed by atoms with Crippen molar-refractivity contribution in [3.8, 4) is 11.5 Å². The number of nitrogens with one attached hydrogen (secondary N) is 1. The summed E-state index contributed by atoms with van der Waals surface area (Å²) in [6.45, 7) is 2.37. The van der Waals surface area contributed by atoms with Crippen LogP contribution >= 0.6 is 0 Å². The molecule has 0 amide bonds. The molecule has 1 fully saturated rings. The first-order valence-corrected chi connectivity index (χ1v) is 7.32. The lowest BCUT2D eigenvalue weighted by Gasteiger charge is -2.15. The predicted octanol–water partition coefficient (Wildman–Crippen LogP) is 1.38. The van der Waals surface area contributed by atoms with Crippen molar-refractivity contribution in [2.75, 3.05) is 38.5 Å². The number of fused-ring (bicyclic) bond motifs is 1. The molecule has 2 aliphatic rings. The molecule has 2 unspecified atom stereocenters. The highest BCUT2D eigenvalue weighted by Gasteiger charge is 2.16. The third-order valence-corrected chi connectivity index (χ3v) is 3.55. The quantitative estimate of drug-likeness (QED) is 0.792. The van der Waals surface area contributed by atoms with Gasteiger partial charge in [-0.05, 0) is 25.0 Å². The Kier molecular flexibility index (Phi) is 4.80. The van der Waals surface area contributed by atoms with Gasteiger partial charge in [-0.3, -0.25) is 0 Å². The van der Waals surface area contributed by atoms with E-state index in [1.807, 2.05) is 18.2 Å². The molecule has 6 heteroatoms. The second-order valence-corrected chi connectivity index (χ2v) is 5.28. The molecule has 0 saturated carbocycles. The lowest BCUT2D eigenvalue weighted by atomic mass is 10.2. The van der Waals surface area contributed by atoms with Crippen LogP contribution in [-0.2, 0) is 9.47 Å². The highest BCUT2D eigenvalue weighted by atomic mass is 16.7. The van der Waals surface area contributed by atoms with Crippen LogP contribution < -0.4 is 14.8 Å². The molecule has 21 heavy (non-hydrogen) atoms. The van der Waals surface area contributed by atoms with Crippen LogP contribution in [0.15, 0.2) is 18.2 Å². The number of hydrogen-bond acceptors (Lipinski definition) is 6. The lowest BCUT2D eigenvalue weighted by Crippen LogP contribution is -2.27. The van der Waals surface area contributed by atoms with Crippen LogP contribution in [-0.4, -0.2) is 50.5 Å². The molecule has 1 aromatic carbocycles. The molecule has 1 saturated heterocycles. The van der Waals surface area contributed by atoms with E-state index < -0.39 is 6.10 Å². The van der Waals surface area contributed by atoms with Crippen molar-refractivity contribution >= 4 is 5.69 Å². The van der Waals surface area contributed by atoms with Crippen molar-refractivity contribution in [2.45, 2.75) is 25.0 Å². The number of benzene rings is 1. The van der Waals surface area contributed by atoms with Crippen molar-refractivity contribution in [1.82, 2.24) is 0 Å². The van der Waals surface area contributed by atoms with Crippen molar-refractivity contribution in [1.29, 1.82) is 0 Å². The zero-order valence-corrected chi connectivity index (χ0v) is 11.9. The standard InChI is InChI=1S/C15H21NO5/c17-12(8-18-9-13-2-1-5-19-13)7-16-11-3-4-14-15(6-11)21-10-20-14/h3-4,6,12-13,16-17H,1-2,5,7-10H2. The maximum atomic E-state index is 9.89. The molecule has 6 nitrogen and oxygen atoms in total. The number of aliphatic hydroxyl groups excluding tert-OH is 1. The van der Waals surface area contributed by atoms with E-state index in [1.165, 1.54) is 0 Å². The molecule has 0 aliphatic carbocycles. The van der Waals surface area contributed by atoms with E-state index in [0.29, 0.717) is 19.8 Å². The third kappa shape index (κ3) is 4.00. The number of hydrogen-bond donors (Lipinski definition) is 2. The van der Waals surface area contributed by atoms with Gasteiger partial charge in [-0.15, -0.1) is 0 Å². The summed E-state index contributed by atoms with van der Waals surface area (Å²) >= 11 is 0. The van der Waals surface area contributed by atoms with Crippen molar-refractivity contribution in [3.63, 3.8) is 0 Å². The van der Waals surface area contributed by atoms with Crippen LogP contribution in [0, 0.1) is 0 Å². The molecular weight excluding hydrogens is 274 g/mol. The normalized spacial score (nSPS) is 21.5. The smallest absolute Gasteiger partial charge is 0.231 e. The van der Waals surface area contributed by atoms with Gasteiger partial charge in [-0.2, -0.15) is 0 Å². The van der Waals surface area contributed by atoms with Crippen LogP contribution in [0.1, 0.15) is 12.8 Å². The van der Waals surface area contributed by atoms with Gasteiger partial charge in [0.15, 0.2) is 11.5 Å². The minimum Gasteiger partial charge on any atom is -0.454 e. The molecule has 2 aliphatic heterocycles. The molecule has 1 aromatic rings. The largest absolute Gasteiger partial charge is 0.454 e. The van der Waals surface area contributed by atoms with E-state index in [1.54, 1.807) is 0 Å². The highest BCUT2D eigenvalue weighted by molar-refractivity contribution is 5.55. The second-order valence-electron chi connectivity index (χ2n) is 5.28. The van der Waals surface area contributed by atoms with Gasteiger partial charge in [0.2, 0.25) is 6.79 Å². The second kappa shape index (κ2) is 6.98. The zero-order valence-electron chi connectivity index (χ0n) is 11.9. The average molecular weight is 295 g/mol. The van der Waals surface area contributed by atoms with E-state index >= 15 is 0 Å². The summed E-state index contributed by atoms with van der Waals surface area (Å²) in [5, 5.41) is 13.0. The van der Waals surface area contributed by atoms with Gasteiger partial charge in [0.1, 0.15) is 0 Å². The van der Waals surface area contributed by atoms with Crippen LogP contribution in [0.2, 0.25) is 0 Å². The van der Waals surface area contributed by atoms with Crippen molar-refractivity contribution in [3.05, 3.63) is 18.2 Å². The molecule has 0 bridgehead atoms. The number of rotatable bonds is 7. The fourth-order valence-electron chi connectivity index (χ4n) is 2.41. The van der Waals surface area contributed by atoms with Crippen LogP contribution in [0.3, 0.4) is 0 Å². The lowest BCUT2D eigenvalue weighted by molar-refractivity contribution is -0.0137. The predicted molar refractivity (Wildman–Crippen MR) is 76.9 cm³/mol. The van der Waals surface area contributed by atoms with E-state index in [4.69, 9.17) is 18.9 Å². The third-order valence-electron chi connectivity index (χ3n) is 3.55. The minimum atomic E-state index is -0.558. The zero-order chi connectivity index (χ0) is 14.5. The Labute approximate surface area is 124 Å². The average Bonchev–Trinajstić information content (AvgIpc) is 3.15. The van der Waals surface area contributed by atoms with Gasteiger partial charge < -0.3 is 29.4 Å². The van der Waals surface area contributed by atoms with Crippen molar-refractivity contribution < 1.29 is 24.1 Å². The Balaban J connectivity index is 1.36. The molecule has 2 atom stereocenters.